The lowest BCUT2D eigenvalue weighted by Gasteiger charge is -2.34. The Balaban J connectivity index is 2.07. The lowest BCUT2D eigenvalue weighted by atomic mass is 9.74. The molecule has 1 aliphatic rings. The van der Waals surface area contributed by atoms with Crippen LogP contribution in [0.3, 0.4) is 0 Å². The van der Waals surface area contributed by atoms with Crippen molar-refractivity contribution < 1.29 is 5.11 Å². The van der Waals surface area contributed by atoms with Crippen molar-refractivity contribution in [3.8, 4) is 0 Å². The highest BCUT2D eigenvalue weighted by Gasteiger charge is 2.28. The van der Waals surface area contributed by atoms with Crippen LogP contribution in [-0.4, -0.2) is 11.2 Å². The maximum absolute atomic E-state index is 10.4. The third kappa shape index (κ3) is 6.79. The molecule has 1 saturated carbocycles. The molecular formula is C18H36O. The summed E-state index contributed by atoms with van der Waals surface area (Å²) in [5.41, 5.74) is 0. The van der Waals surface area contributed by atoms with Gasteiger partial charge in [-0.2, -0.15) is 0 Å². The topological polar surface area (TPSA) is 20.2 Å². The molecule has 0 aliphatic heterocycles. The monoisotopic (exact) mass is 268 g/mol. The highest BCUT2D eigenvalue weighted by Crippen LogP contribution is 2.35. The van der Waals surface area contributed by atoms with Gasteiger partial charge in [-0.3, -0.25) is 0 Å². The van der Waals surface area contributed by atoms with Crippen molar-refractivity contribution in [1.29, 1.82) is 0 Å². The Morgan fingerprint density at radius 3 is 2.21 bits per heavy atom. The summed E-state index contributed by atoms with van der Waals surface area (Å²) in [6.07, 6.45) is 17.1. The molecule has 0 heterocycles. The zero-order valence-electron chi connectivity index (χ0n) is 13.4. The Labute approximate surface area is 121 Å². The molecule has 1 N–H and O–H groups in total. The summed E-state index contributed by atoms with van der Waals surface area (Å²) < 4.78 is 0. The molecule has 3 unspecified atom stereocenters. The van der Waals surface area contributed by atoms with Crippen LogP contribution in [0.5, 0.6) is 0 Å². The first-order valence-corrected chi connectivity index (χ1v) is 8.97. The molecule has 3 atom stereocenters. The molecule has 0 aromatic heterocycles. The Hall–Kier alpha value is -0.0400. The summed E-state index contributed by atoms with van der Waals surface area (Å²) in [7, 11) is 0. The van der Waals surface area contributed by atoms with E-state index in [9.17, 15) is 5.11 Å². The van der Waals surface area contributed by atoms with Crippen LogP contribution in [0.2, 0.25) is 0 Å². The number of unbranched alkanes of at least 4 members (excludes halogenated alkanes) is 6. The molecule has 1 nitrogen and oxygen atoms in total. The molecule has 0 aromatic rings. The van der Waals surface area contributed by atoms with Gasteiger partial charge in [0.2, 0.25) is 0 Å². The second kappa shape index (κ2) is 10.7. The first-order chi connectivity index (χ1) is 9.29. The van der Waals surface area contributed by atoms with Gasteiger partial charge in [0.15, 0.2) is 0 Å². The van der Waals surface area contributed by atoms with Crippen molar-refractivity contribution in [2.24, 2.45) is 11.8 Å². The summed E-state index contributed by atoms with van der Waals surface area (Å²) in [6, 6.07) is 0. The Bertz CT molecular complexity index is 202. The summed E-state index contributed by atoms with van der Waals surface area (Å²) in [4.78, 5) is 0. The Kier molecular flexibility index (Phi) is 9.59. The van der Waals surface area contributed by atoms with E-state index in [-0.39, 0.29) is 6.10 Å². The fourth-order valence-electron chi connectivity index (χ4n) is 3.77. The van der Waals surface area contributed by atoms with E-state index < -0.39 is 0 Å². The van der Waals surface area contributed by atoms with E-state index in [0.29, 0.717) is 5.92 Å². The van der Waals surface area contributed by atoms with Crippen LogP contribution in [0.4, 0.5) is 0 Å². The largest absolute Gasteiger partial charge is 0.393 e. The molecule has 0 aromatic carbocycles. The molecule has 1 aliphatic carbocycles. The highest BCUT2D eigenvalue weighted by atomic mass is 16.3. The third-order valence-corrected chi connectivity index (χ3v) is 5.09. The average molecular weight is 268 g/mol. The van der Waals surface area contributed by atoms with E-state index in [1.807, 2.05) is 0 Å². The van der Waals surface area contributed by atoms with Gasteiger partial charge in [0, 0.05) is 0 Å². The molecule has 0 radical (unpaired) electrons. The minimum atomic E-state index is -0.0131. The Morgan fingerprint density at radius 1 is 0.895 bits per heavy atom. The summed E-state index contributed by atoms with van der Waals surface area (Å²) in [5.74, 6) is 1.41. The standard InChI is InChI=1S/C18H36O/c1-3-5-6-7-8-9-10-15-18(19)17-14-12-11-13-16(17)4-2/h16-19H,3-15H2,1-2H3. The first kappa shape index (κ1) is 17.0. The van der Waals surface area contributed by atoms with E-state index in [0.717, 1.165) is 12.3 Å². The Morgan fingerprint density at radius 2 is 1.53 bits per heavy atom. The van der Waals surface area contributed by atoms with Gasteiger partial charge in [-0.15, -0.1) is 0 Å². The SMILES string of the molecule is CCCCCCCCCC(O)C1CCCCC1CC. The minimum Gasteiger partial charge on any atom is -0.393 e. The maximum Gasteiger partial charge on any atom is 0.0571 e. The van der Waals surface area contributed by atoms with Crippen molar-refractivity contribution in [2.75, 3.05) is 0 Å². The second-order valence-electron chi connectivity index (χ2n) is 6.59. The quantitative estimate of drug-likeness (QED) is 0.503. The van der Waals surface area contributed by atoms with Gasteiger partial charge in [-0.1, -0.05) is 84.5 Å². The zero-order valence-corrected chi connectivity index (χ0v) is 13.4. The van der Waals surface area contributed by atoms with Gasteiger partial charge in [0.25, 0.3) is 0 Å². The fraction of sp³-hybridized carbons (Fsp3) is 1.00. The number of hydrogen-bond donors (Lipinski definition) is 1. The van der Waals surface area contributed by atoms with Crippen LogP contribution in [0.1, 0.15) is 97.3 Å². The second-order valence-corrected chi connectivity index (χ2v) is 6.59. The van der Waals surface area contributed by atoms with Crippen molar-refractivity contribution in [1.82, 2.24) is 0 Å². The van der Waals surface area contributed by atoms with Crippen LogP contribution >= 0.6 is 0 Å². The lowest BCUT2D eigenvalue weighted by molar-refractivity contribution is 0.0383. The van der Waals surface area contributed by atoms with Crippen molar-refractivity contribution in [2.45, 2.75) is 103 Å². The number of rotatable bonds is 10. The molecule has 1 heteroatoms. The van der Waals surface area contributed by atoms with E-state index in [2.05, 4.69) is 13.8 Å². The van der Waals surface area contributed by atoms with Gasteiger partial charge < -0.3 is 5.11 Å². The molecule has 19 heavy (non-hydrogen) atoms. The number of aliphatic hydroxyl groups excluding tert-OH is 1. The third-order valence-electron chi connectivity index (χ3n) is 5.09. The van der Waals surface area contributed by atoms with Crippen molar-refractivity contribution in [3.63, 3.8) is 0 Å². The molecular weight excluding hydrogens is 232 g/mol. The molecule has 1 rings (SSSR count). The van der Waals surface area contributed by atoms with Crippen LogP contribution in [0.15, 0.2) is 0 Å². The van der Waals surface area contributed by atoms with Gasteiger partial charge in [0.1, 0.15) is 0 Å². The van der Waals surface area contributed by atoms with E-state index in [1.165, 1.54) is 77.0 Å². The molecule has 0 amide bonds. The van der Waals surface area contributed by atoms with Crippen LogP contribution < -0.4 is 0 Å². The summed E-state index contributed by atoms with van der Waals surface area (Å²) >= 11 is 0. The van der Waals surface area contributed by atoms with E-state index in [4.69, 9.17) is 0 Å². The molecule has 0 spiro atoms. The van der Waals surface area contributed by atoms with Gasteiger partial charge >= 0.3 is 0 Å². The van der Waals surface area contributed by atoms with Crippen LogP contribution in [0.25, 0.3) is 0 Å². The number of aliphatic hydroxyl groups is 1. The average Bonchev–Trinajstić information content (AvgIpc) is 2.46. The predicted octanol–water partition coefficient (Wildman–Crippen LogP) is 5.70. The van der Waals surface area contributed by atoms with Gasteiger partial charge in [0.05, 0.1) is 6.10 Å². The summed E-state index contributed by atoms with van der Waals surface area (Å²) in [6.45, 7) is 4.56. The predicted molar refractivity (Wildman–Crippen MR) is 84.4 cm³/mol. The van der Waals surface area contributed by atoms with Crippen molar-refractivity contribution in [3.05, 3.63) is 0 Å². The smallest absolute Gasteiger partial charge is 0.0571 e. The minimum absolute atomic E-state index is 0.0131. The molecule has 114 valence electrons. The molecule has 0 bridgehead atoms. The van der Waals surface area contributed by atoms with Crippen LogP contribution in [0, 0.1) is 11.8 Å². The van der Waals surface area contributed by atoms with Crippen molar-refractivity contribution >= 4 is 0 Å². The molecule has 0 saturated heterocycles. The maximum atomic E-state index is 10.4. The van der Waals surface area contributed by atoms with E-state index >= 15 is 0 Å². The van der Waals surface area contributed by atoms with Crippen LogP contribution in [-0.2, 0) is 0 Å². The zero-order chi connectivity index (χ0) is 13.9. The first-order valence-electron chi connectivity index (χ1n) is 8.97. The lowest BCUT2D eigenvalue weighted by Crippen LogP contribution is -2.30. The summed E-state index contributed by atoms with van der Waals surface area (Å²) in [5, 5.41) is 10.4. The van der Waals surface area contributed by atoms with Gasteiger partial charge in [-0.25, -0.2) is 0 Å². The van der Waals surface area contributed by atoms with Gasteiger partial charge in [-0.05, 0) is 24.7 Å². The fourth-order valence-corrected chi connectivity index (χ4v) is 3.77. The molecule has 1 fully saturated rings. The number of hydrogen-bond acceptors (Lipinski definition) is 1. The highest BCUT2D eigenvalue weighted by molar-refractivity contribution is 4.80. The normalized spacial score (nSPS) is 25.4. The van der Waals surface area contributed by atoms with E-state index in [1.54, 1.807) is 0 Å².